The Morgan fingerprint density at radius 2 is 1.68 bits per heavy atom. The topological polar surface area (TPSA) is 132 Å². The van der Waals surface area contributed by atoms with E-state index in [2.05, 4.69) is 11.7 Å². The van der Waals surface area contributed by atoms with Crippen molar-refractivity contribution in [1.29, 1.82) is 0 Å². The molecule has 0 heterocycles. The van der Waals surface area contributed by atoms with E-state index >= 15 is 0 Å². The molecule has 214 valence electrons. The van der Waals surface area contributed by atoms with Gasteiger partial charge in [0, 0.05) is 42.9 Å². The van der Waals surface area contributed by atoms with E-state index in [1.807, 2.05) is 20.8 Å². The van der Waals surface area contributed by atoms with Crippen molar-refractivity contribution in [2.75, 3.05) is 6.61 Å². The average Bonchev–Trinajstić information content (AvgIpc) is 3.19. The van der Waals surface area contributed by atoms with Crippen LogP contribution in [0.3, 0.4) is 0 Å². The molecule has 0 aromatic rings. The van der Waals surface area contributed by atoms with Crippen LogP contribution in [0.2, 0.25) is 0 Å². The lowest BCUT2D eigenvalue weighted by Crippen LogP contribution is -2.65. The number of hydrogen-bond acceptors (Lipinski definition) is 7. The summed E-state index contributed by atoms with van der Waals surface area (Å²) in [5.74, 6) is -1.15. The van der Waals surface area contributed by atoms with E-state index in [4.69, 9.17) is 4.55 Å². The summed E-state index contributed by atoms with van der Waals surface area (Å²) < 4.78 is 61.1. The minimum absolute atomic E-state index is 0.0261. The Bertz CT molecular complexity index is 1150. The van der Waals surface area contributed by atoms with Crippen molar-refractivity contribution in [2.45, 2.75) is 90.7 Å². The standard InChI is InChI=1S/C27H38F2O8S/c1-15(5-8-23(33)37-14-27(28,29)38(34,35)36)18-6-7-19-25(18,3)22(32)13-20-24(2)10-9-17(30)11-16(24)12-21(31)26(19,20)4/h15-16,18-20H,5-14H2,1-4H3,(H,34,35,36)/t15-,16+,18-,19?,20-,24+,25-,26+/m1/s1. The Labute approximate surface area is 222 Å². The number of alkyl halides is 2. The van der Waals surface area contributed by atoms with E-state index in [0.29, 0.717) is 38.5 Å². The Morgan fingerprint density at radius 1 is 1.05 bits per heavy atom. The molecular formula is C27H38F2O8S. The number of Topliss-reactive ketones (excluding diaryl/α,β-unsaturated/α-hetero) is 3. The number of ketones is 3. The van der Waals surface area contributed by atoms with Crippen LogP contribution in [0, 0.1) is 45.8 Å². The number of halogens is 2. The second-order valence-corrected chi connectivity index (χ2v) is 14.4. The van der Waals surface area contributed by atoms with E-state index in [-0.39, 0.29) is 71.6 Å². The van der Waals surface area contributed by atoms with Crippen molar-refractivity contribution in [3.63, 3.8) is 0 Å². The van der Waals surface area contributed by atoms with E-state index in [0.717, 1.165) is 0 Å². The molecular weight excluding hydrogens is 522 g/mol. The SMILES string of the molecule is C[C@H](CCC(=O)OCC(F)(F)S(=O)(=O)O)[C@H]1CCC2[C@]1(C)C(=O)C[C@@H]1[C@@]3(C)CCC(=O)C[C@H]3CC(=O)[C@@]21C. The molecule has 38 heavy (non-hydrogen) atoms. The zero-order valence-corrected chi connectivity index (χ0v) is 23.2. The maximum atomic E-state index is 13.9. The molecule has 8 nitrogen and oxygen atoms in total. The molecule has 4 fully saturated rings. The van der Waals surface area contributed by atoms with Crippen LogP contribution in [-0.2, 0) is 34.0 Å². The predicted octanol–water partition coefficient (Wildman–Crippen LogP) is 4.40. The normalized spacial score (nSPS) is 40.2. The van der Waals surface area contributed by atoms with Gasteiger partial charge in [-0.05, 0) is 60.7 Å². The molecule has 0 saturated heterocycles. The third-order valence-electron chi connectivity index (χ3n) is 11.1. The molecule has 1 N–H and O–H groups in total. The van der Waals surface area contributed by atoms with Gasteiger partial charge >= 0.3 is 21.3 Å². The fourth-order valence-corrected chi connectivity index (χ4v) is 9.07. The molecule has 8 atom stereocenters. The highest BCUT2D eigenvalue weighted by atomic mass is 32.2. The third-order valence-corrected chi connectivity index (χ3v) is 12.0. The van der Waals surface area contributed by atoms with Crippen LogP contribution >= 0.6 is 0 Å². The highest BCUT2D eigenvalue weighted by Gasteiger charge is 2.71. The fraction of sp³-hybridized carbons (Fsp3) is 0.852. The van der Waals surface area contributed by atoms with Gasteiger partial charge in [-0.2, -0.15) is 17.2 Å². The van der Waals surface area contributed by atoms with Gasteiger partial charge in [0.2, 0.25) is 0 Å². The molecule has 4 aliphatic rings. The first kappa shape index (κ1) is 29.2. The minimum atomic E-state index is -5.70. The summed E-state index contributed by atoms with van der Waals surface area (Å²) in [6, 6.07) is 0. The van der Waals surface area contributed by atoms with Crippen molar-refractivity contribution in [3.05, 3.63) is 0 Å². The van der Waals surface area contributed by atoms with Gasteiger partial charge in [0.1, 0.15) is 17.3 Å². The largest absolute Gasteiger partial charge is 0.458 e. The number of ether oxygens (including phenoxy) is 1. The molecule has 1 unspecified atom stereocenters. The summed E-state index contributed by atoms with van der Waals surface area (Å²) in [6.07, 6.45) is 3.60. The van der Waals surface area contributed by atoms with Crippen molar-refractivity contribution >= 4 is 33.4 Å². The van der Waals surface area contributed by atoms with Crippen LogP contribution in [0.4, 0.5) is 8.78 Å². The number of esters is 1. The van der Waals surface area contributed by atoms with E-state index in [1.54, 1.807) is 0 Å². The van der Waals surface area contributed by atoms with E-state index in [1.165, 1.54) is 0 Å². The molecule has 0 amide bonds. The summed E-state index contributed by atoms with van der Waals surface area (Å²) in [4.78, 5) is 51.9. The number of hydrogen-bond donors (Lipinski definition) is 1. The molecule has 0 aliphatic heterocycles. The molecule has 4 rings (SSSR count). The molecule has 4 aliphatic carbocycles. The summed E-state index contributed by atoms with van der Waals surface area (Å²) in [5.41, 5.74) is -1.69. The maximum absolute atomic E-state index is 13.9. The van der Waals surface area contributed by atoms with Crippen LogP contribution in [0.25, 0.3) is 0 Å². The van der Waals surface area contributed by atoms with Crippen molar-refractivity contribution in [3.8, 4) is 0 Å². The van der Waals surface area contributed by atoms with Gasteiger partial charge in [-0.25, -0.2) is 0 Å². The molecule has 0 bridgehead atoms. The summed E-state index contributed by atoms with van der Waals surface area (Å²) in [6.45, 7) is 6.24. The Balaban J connectivity index is 1.49. The highest BCUT2D eigenvalue weighted by Crippen LogP contribution is 2.70. The third kappa shape index (κ3) is 4.35. The Hall–Kier alpha value is -1.75. The van der Waals surface area contributed by atoms with Gasteiger partial charge < -0.3 is 4.74 Å². The molecule has 4 saturated carbocycles. The zero-order valence-electron chi connectivity index (χ0n) is 22.4. The summed E-state index contributed by atoms with van der Waals surface area (Å²) in [5, 5.41) is -4.59. The molecule has 0 radical (unpaired) electrons. The van der Waals surface area contributed by atoms with Gasteiger partial charge in [-0.1, -0.05) is 27.7 Å². The number of rotatable bonds is 7. The lowest BCUT2D eigenvalue weighted by Gasteiger charge is -2.63. The van der Waals surface area contributed by atoms with Crippen LogP contribution in [-0.4, -0.2) is 48.2 Å². The van der Waals surface area contributed by atoms with Crippen LogP contribution < -0.4 is 0 Å². The lowest BCUT2D eigenvalue weighted by atomic mass is 9.38. The Kier molecular flexibility index (Phi) is 7.25. The highest BCUT2D eigenvalue weighted by molar-refractivity contribution is 7.86. The van der Waals surface area contributed by atoms with Gasteiger partial charge in [-0.15, -0.1) is 0 Å². The first-order valence-corrected chi connectivity index (χ1v) is 14.9. The summed E-state index contributed by atoms with van der Waals surface area (Å²) >= 11 is 0. The molecule has 0 aromatic carbocycles. The molecule has 11 heteroatoms. The zero-order chi connectivity index (χ0) is 28.5. The van der Waals surface area contributed by atoms with Crippen LogP contribution in [0.15, 0.2) is 0 Å². The van der Waals surface area contributed by atoms with E-state index < -0.39 is 38.8 Å². The number of carbonyl (C=O) groups excluding carboxylic acids is 4. The first-order valence-electron chi connectivity index (χ1n) is 13.5. The minimum Gasteiger partial charge on any atom is -0.458 e. The van der Waals surface area contributed by atoms with Gasteiger partial charge in [0.25, 0.3) is 0 Å². The van der Waals surface area contributed by atoms with E-state index in [9.17, 15) is 36.4 Å². The first-order chi connectivity index (χ1) is 17.4. The van der Waals surface area contributed by atoms with Gasteiger partial charge in [0.05, 0.1) is 0 Å². The monoisotopic (exact) mass is 560 g/mol. The van der Waals surface area contributed by atoms with Crippen LogP contribution in [0.1, 0.15) is 85.5 Å². The number of carbonyl (C=O) groups is 4. The number of fused-ring (bicyclic) bond motifs is 5. The Morgan fingerprint density at radius 3 is 2.32 bits per heavy atom. The van der Waals surface area contributed by atoms with Crippen molar-refractivity contribution in [2.24, 2.45) is 45.8 Å². The fourth-order valence-electron chi connectivity index (χ4n) is 8.86. The maximum Gasteiger partial charge on any atom is 0.402 e. The molecule has 0 aromatic heterocycles. The van der Waals surface area contributed by atoms with Crippen molar-refractivity contribution in [1.82, 2.24) is 0 Å². The second kappa shape index (κ2) is 9.42. The predicted molar refractivity (Wildman–Crippen MR) is 131 cm³/mol. The smallest absolute Gasteiger partial charge is 0.402 e. The van der Waals surface area contributed by atoms with Crippen molar-refractivity contribution < 1.29 is 45.7 Å². The van der Waals surface area contributed by atoms with Gasteiger partial charge in [-0.3, -0.25) is 23.7 Å². The molecule has 0 spiro atoms. The second-order valence-electron chi connectivity index (χ2n) is 12.8. The van der Waals surface area contributed by atoms with Gasteiger partial charge in [0.15, 0.2) is 6.61 Å². The lowest BCUT2D eigenvalue weighted by molar-refractivity contribution is -0.185. The summed E-state index contributed by atoms with van der Waals surface area (Å²) in [7, 11) is -5.70. The quantitative estimate of drug-likeness (QED) is 0.358. The average molecular weight is 561 g/mol. The van der Waals surface area contributed by atoms with Crippen LogP contribution in [0.5, 0.6) is 0 Å².